The molecule has 1 aliphatic rings. The number of nitrogens with two attached hydrogens (primary N) is 1. The zero-order valence-electron chi connectivity index (χ0n) is 10.1. The lowest BCUT2D eigenvalue weighted by Crippen LogP contribution is -2.25. The molecule has 3 N–H and O–H groups in total. The number of hydrogen-bond donors (Lipinski definition) is 2. The minimum absolute atomic E-state index is 0.202. The topological polar surface area (TPSA) is 63.9 Å². The third-order valence-electron chi connectivity index (χ3n) is 3.30. The number of aromatic nitrogens is 2. The quantitative estimate of drug-likeness (QED) is 0.907. The first kappa shape index (κ1) is 12.5. The van der Waals surface area contributed by atoms with Crippen LogP contribution in [0.3, 0.4) is 0 Å². The summed E-state index contributed by atoms with van der Waals surface area (Å²) in [6.07, 6.45) is 5.01. The first-order chi connectivity index (χ1) is 9.15. The molecule has 2 aromatic rings. The van der Waals surface area contributed by atoms with Gasteiger partial charge in [-0.1, -0.05) is 0 Å². The van der Waals surface area contributed by atoms with E-state index in [4.69, 9.17) is 10.5 Å². The number of benzene rings is 1. The van der Waals surface area contributed by atoms with E-state index in [2.05, 4.69) is 26.1 Å². The summed E-state index contributed by atoms with van der Waals surface area (Å²) in [4.78, 5) is 0. The van der Waals surface area contributed by atoms with Crippen molar-refractivity contribution in [1.29, 1.82) is 0 Å². The molecule has 0 saturated heterocycles. The molecule has 1 heterocycles. The van der Waals surface area contributed by atoms with E-state index in [9.17, 15) is 4.39 Å². The van der Waals surface area contributed by atoms with Gasteiger partial charge in [0, 0.05) is 11.1 Å². The Labute approximate surface area is 118 Å². The summed E-state index contributed by atoms with van der Waals surface area (Å²) in [6, 6.07) is 2.81. The molecule has 1 aromatic carbocycles. The first-order valence-corrected chi connectivity index (χ1v) is 6.89. The highest BCUT2D eigenvalue weighted by Gasteiger charge is 2.23. The number of nitrogens with zero attached hydrogens (tertiary/aromatic N) is 1. The number of H-pyrrole nitrogens is 1. The van der Waals surface area contributed by atoms with Crippen LogP contribution < -0.4 is 10.5 Å². The number of rotatable bonds is 3. The molecule has 0 amide bonds. The van der Waals surface area contributed by atoms with Crippen LogP contribution in [0.5, 0.6) is 5.75 Å². The van der Waals surface area contributed by atoms with Crippen LogP contribution in [0.1, 0.15) is 19.3 Å². The average Bonchev–Trinajstić information content (AvgIpc) is 2.71. The van der Waals surface area contributed by atoms with Crippen LogP contribution in [0.2, 0.25) is 0 Å². The molecule has 0 atom stereocenters. The number of ether oxygens (including phenoxy) is 1. The van der Waals surface area contributed by atoms with E-state index in [-0.39, 0.29) is 11.9 Å². The van der Waals surface area contributed by atoms with Crippen LogP contribution >= 0.6 is 15.9 Å². The van der Waals surface area contributed by atoms with E-state index in [1.165, 1.54) is 18.6 Å². The summed E-state index contributed by atoms with van der Waals surface area (Å²) in [5, 5.41) is 6.52. The maximum Gasteiger partial charge on any atom is 0.142 e. The Bertz CT molecular complexity index is 610. The third kappa shape index (κ3) is 2.32. The van der Waals surface area contributed by atoms with E-state index in [0.29, 0.717) is 27.2 Å². The minimum atomic E-state index is -0.344. The second kappa shape index (κ2) is 4.85. The highest BCUT2D eigenvalue weighted by Crippen LogP contribution is 2.41. The summed E-state index contributed by atoms with van der Waals surface area (Å²) in [5.74, 6) is 0.679. The first-order valence-electron chi connectivity index (χ1n) is 6.10. The van der Waals surface area contributed by atoms with Crippen LogP contribution in [-0.4, -0.2) is 16.3 Å². The molecule has 0 spiro atoms. The third-order valence-corrected chi connectivity index (χ3v) is 3.89. The predicted molar refractivity (Wildman–Crippen MR) is 74.4 cm³/mol. The van der Waals surface area contributed by atoms with Crippen molar-refractivity contribution in [2.75, 3.05) is 5.73 Å². The summed E-state index contributed by atoms with van der Waals surface area (Å²) in [7, 11) is 0. The van der Waals surface area contributed by atoms with Gasteiger partial charge in [-0.3, -0.25) is 5.10 Å². The fraction of sp³-hybridized carbons (Fsp3) is 0.308. The Morgan fingerprint density at radius 1 is 1.37 bits per heavy atom. The van der Waals surface area contributed by atoms with Crippen molar-refractivity contribution >= 4 is 21.7 Å². The van der Waals surface area contributed by atoms with Gasteiger partial charge in [0.1, 0.15) is 17.4 Å². The number of aromatic amines is 1. The average molecular weight is 326 g/mol. The van der Waals surface area contributed by atoms with Crippen molar-refractivity contribution in [1.82, 2.24) is 10.2 Å². The molecule has 0 radical (unpaired) electrons. The van der Waals surface area contributed by atoms with Gasteiger partial charge >= 0.3 is 0 Å². The van der Waals surface area contributed by atoms with E-state index < -0.39 is 0 Å². The molecule has 19 heavy (non-hydrogen) atoms. The molecule has 1 saturated carbocycles. The Morgan fingerprint density at radius 3 is 2.74 bits per heavy atom. The van der Waals surface area contributed by atoms with Crippen LogP contribution in [0.25, 0.3) is 11.1 Å². The molecular weight excluding hydrogens is 313 g/mol. The molecule has 6 heteroatoms. The fourth-order valence-electron chi connectivity index (χ4n) is 2.05. The van der Waals surface area contributed by atoms with Gasteiger partial charge < -0.3 is 10.5 Å². The van der Waals surface area contributed by atoms with Gasteiger partial charge in [-0.2, -0.15) is 5.10 Å². The van der Waals surface area contributed by atoms with Crippen LogP contribution in [0.4, 0.5) is 10.2 Å². The normalized spacial score (nSPS) is 15.3. The zero-order chi connectivity index (χ0) is 13.4. The summed E-state index contributed by atoms with van der Waals surface area (Å²) < 4.78 is 20.1. The van der Waals surface area contributed by atoms with Gasteiger partial charge in [0.2, 0.25) is 0 Å². The van der Waals surface area contributed by atoms with Crippen LogP contribution in [0.15, 0.2) is 22.8 Å². The Kier molecular flexibility index (Phi) is 3.18. The number of nitrogen functional groups attached to an aromatic ring is 1. The molecule has 0 bridgehead atoms. The Morgan fingerprint density at radius 2 is 2.16 bits per heavy atom. The van der Waals surface area contributed by atoms with Crippen LogP contribution in [0, 0.1) is 5.82 Å². The maximum absolute atomic E-state index is 13.6. The number of anilines is 1. The fourth-order valence-corrected chi connectivity index (χ4v) is 2.57. The lowest BCUT2D eigenvalue weighted by molar-refractivity contribution is 0.120. The number of hydrogen-bond acceptors (Lipinski definition) is 3. The van der Waals surface area contributed by atoms with Gasteiger partial charge in [-0.05, 0) is 47.3 Å². The summed E-state index contributed by atoms with van der Waals surface area (Å²) >= 11 is 3.35. The van der Waals surface area contributed by atoms with E-state index in [0.717, 1.165) is 12.8 Å². The molecule has 4 nitrogen and oxygen atoms in total. The number of nitrogens with one attached hydrogen (secondary N) is 1. The van der Waals surface area contributed by atoms with Gasteiger partial charge in [0.15, 0.2) is 0 Å². The van der Waals surface area contributed by atoms with Crippen molar-refractivity contribution in [3.05, 3.63) is 28.6 Å². The monoisotopic (exact) mass is 325 g/mol. The smallest absolute Gasteiger partial charge is 0.142 e. The molecule has 0 aliphatic heterocycles. The highest BCUT2D eigenvalue weighted by atomic mass is 79.9. The van der Waals surface area contributed by atoms with E-state index >= 15 is 0 Å². The predicted octanol–water partition coefficient (Wildman–Crippen LogP) is 3.49. The van der Waals surface area contributed by atoms with Crippen molar-refractivity contribution in [3.63, 3.8) is 0 Å². The zero-order valence-corrected chi connectivity index (χ0v) is 11.7. The van der Waals surface area contributed by atoms with E-state index in [1.807, 2.05) is 0 Å². The lowest BCUT2D eigenvalue weighted by atomic mass is 9.96. The van der Waals surface area contributed by atoms with Gasteiger partial charge in [-0.25, -0.2) is 4.39 Å². The second-order valence-electron chi connectivity index (χ2n) is 4.63. The standard InChI is InChI=1S/C13H13BrFN3O/c14-11-5-7(15)4-9(10-6-17-18-13(10)16)12(11)19-8-2-1-3-8/h4-6,8H,1-3H2,(H3,16,17,18). The maximum atomic E-state index is 13.6. The van der Waals surface area contributed by atoms with Crippen molar-refractivity contribution < 1.29 is 9.13 Å². The van der Waals surface area contributed by atoms with Gasteiger partial charge in [0.25, 0.3) is 0 Å². The molecule has 3 rings (SSSR count). The van der Waals surface area contributed by atoms with Crippen molar-refractivity contribution in [2.24, 2.45) is 0 Å². The van der Waals surface area contributed by atoms with E-state index in [1.54, 1.807) is 6.20 Å². The molecular formula is C13H13BrFN3O. The molecule has 1 fully saturated rings. The van der Waals surface area contributed by atoms with Crippen molar-refractivity contribution in [3.8, 4) is 16.9 Å². The van der Waals surface area contributed by atoms with Crippen molar-refractivity contribution in [2.45, 2.75) is 25.4 Å². The lowest BCUT2D eigenvalue weighted by Gasteiger charge is -2.28. The Balaban J connectivity index is 2.07. The number of halogens is 2. The molecule has 1 aromatic heterocycles. The molecule has 100 valence electrons. The Hall–Kier alpha value is -1.56. The SMILES string of the molecule is Nc1[nH]ncc1-c1cc(F)cc(Br)c1OC1CCC1. The van der Waals surface area contributed by atoms with Gasteiger partial charge in [0.05, 0.1) is 16.8 Å². The largest absolute Gasteiger partial charge is 0.489 e. The summed E-state index contributed by atoms with van der Waals surface area (Å²) in [5.41, 5.74) is 7.07. The van der Waals surface area contributed by atoms with Crippen LogP contribution in [-0.2, 0) is 0 Å². The summed E-state index contributed by atoms with van der Waals surface area (Å²) in [6.45, 7) is 0. The minimum Gasteiger partial charge on any atom is -0.489 e. The molecule has 0 unspecified atom stereocenters. The van der Waals surface area contributed by atoms with Gasteiger partial charge in [-0.15, -0.1) is 0 Å². The second-order valence-corrected chi connectivity index (χ2v) is 5.49. The molecule has 1 aliphatic carbocycles. The highest BCUT2D eigenvalue weighted by molar-refractivity contribution is 9.10.